The summed E-state index contributed by atoms with van der Waals surface area (Å²) in [5, 5.41) is 5.50. The van der Waals surface area contributed by atoms with Gasteiger partial charge in [0.1, 0.15) is 0 Å². The second kappa shape index (κ2) is 7.94. The molecule has 4 nitrogen and oxygen atoms in total. The average molecular weight is 308 g/mol. The highest BCUT2D eigenvalue weighted by Crippen LogP contribution is 2.16. The van der Waals surface area contributed by atoms with Crippen molar-refractivity contribution >= 4 is 17.5 Å². The molecule has 0 aliphatic heterocycles. The zero-order valence-electron chi connectivity index (χ0n) is 13.1. The maximum atomic E-state index is 12.3. The van der Waals surface area contributed by atoms with Crippen LogP contribution in [0.3, 0.4) is 0 Å². The third kappa shape index (κ3) is 4.30. The van der Waals surface area contributed by atoms with Gasteiger partial charge in [0.2, 0.25) is 0 Å². The van der Waals surface area contributed by atoms with Gasteiger partial charge in [-0.25, -0.2) is 0 Å². The number of anilines is 1. The number of nitrogens with one attached hydrogen (secondary N) is 2. The number of benzene rings is 2. The van der Waals surface area contributed by atoms with E-state index in [1.165, 1.54) is 5.56 Å². The van der Waals surface area contributed by atoms with Gasteiger partial charge in [-0.05, 0) is 36.2 Å². The highest BCUT2D eigenvalue weighted by molar-refractivity contribution is 6.09. The minimum absolute atomic E-state index is 0.239. The van der Waals surface area contributed by atoms with Crippen LogP contribution in [0.25, 0.3) is 0 Å². The van der Waals surface area contributed by atoms with Crippen LogP contribution in [-0.2, 0) is 6.42 Å². The van der Waals surface area contributed by atoms with Crippen LogP contribution in [0.2, 0.25) is 0 Å². The smallest absolute Gasteiger partial charge is 0.255 e. The van der Waals surface area contributed by atoms with E-state index < -0.39 is 0 Å². The Kier molecular flexibility index (Phi) is 5.69. The molecule has 0 radical (unpaired) electrons. The Labute approximate surface area is 136 Å². The van der Waals surface area contributed by atoms with Gasteiger partial charge in [0.05, 0.1) is 11.3 Å². The van der Waals surface area contributed by atoms with Crippen molar-refractivity contribution in [2.45, 2.75) is 13.3 Å². The van der Waals surface area contributed by atoms with Crippen molar-refractivity contribution in [2.75, 3.05) is 11.9 Å². The Morgan fingerprint density at radius 3 is 2.39 bits per heavy atom. The zero-order chi connectivity index (χ0) is 16.7. The van der Waals surface area contributed by atoms with Gasteiger partial charge in [0.25, 0.3) is 11.8 Å². The lowest BCUT2D eigenvalue weighted by Gasteiger charge is -2.11. The van der Waals surface area contributed by atoms with Gasteiger partial charge >= 0.3 is 0 Å². The molecule has 0 unspecified atom stereocenters. The minimum atomic E-state index is -0.248. The summed E-state index contributed by atoms with van der Waals surface area (Å²) >= 11 is 0. The number of para-hydroxylation sites is 1. The average Bonchev–Trinajstić information content (AvgIpc) is 2.60. The van der Waals surface area contributed by atoms with Crippen LogP contribution in [0, 0.1) is 0 Å². The number of aryl methyl sites for hydroxylation is 1. The normalized spacial score (nSPS) is 9.96. The first-order valence-corrected chi connectivity index (χ1v) is 7.54. The molecule has 2 aromatic carbocycles. The first-order chi connectivity index (χ1) is 11.2. The number of carbonyl (C=O) groups excluding carboxylic acids is 2. The molecular weight excluding hydrogens is 288 g/mol. The van der Waals surface area contributed by atoms with E-state index in [4.69, 9.17) is 0 Å². The Hall–Kier alpha value is -2.88. The molecule has 0 saturated heterocycles. The topological polar surface area (TPSA) is 58.2 Å². The monoisotopic (exact) mass is 308 g/mol. The second-order valence-corrected chi connectivity index (χ2v) is 5.05. The maximum Gasteiger partial charge on any atom is 0.255 e. The summed E-state index contributed by atoms with van der Waals surface area (Å²) in [7, 11) is 0. The first kappa shape index (κ1) is 16.5. The van der Waals surface area contributed by atoms with E-state index in [0.717, 1.165) is 6.42 Å². The molecule has 0 aliphatic carbocycles. The fourth-order valence-electron chi connectivity index (χ4n) is 2.14. The van der Waals surface area contributed by atoms with Crippen molar-refractivity contribution in [2.24, 2.45) is 0 Å². The molecule has 0 heterocycles. The van der Waals surface area contributed by atoms with Gasteiger partial charge < -0.3 is 10.6 Å². The lowest BCUT2D eigenvalue weighted by atomic mass is 10.1. The van der Waals surface area contributed by atoms with Crippen molar-refractivity contribution in [3.8, 4) is 0 Å². The molecule has 0 bridgehead atoms. The molecule has 0 saturated carbocycles. The molecule has 118 valence electrons. The van der Waals surface area contributed by atoms with E-state index in [0.29, 0.717) is 23.4 Å². The largest absolute Gasteiger partial charge is 0.349 e. The molecule has 2 rings (SSSR count). The van der Waals surface area contributed by atoms with Crippen molar-refractivity contribution in [3.63, 3.8) is 0 Å². The van der Waals surface area contributed by atoms with Crippen LogP contribution >= 0.6 is 0 Å². The molecule has 0 aliphatic rings. The van der Waals surface area contributed by atoms with Crippen molar-refractivity contribution in [1.82, 2.24) is 5.32 Å². The SMILES string of the molecule is C=CCNC(=O)c1ccccc1NC(=O)c1ccc(CC)cc1. The summed E-state index contributed by atoms with van der Waals surface area (Å²) in [4.78, 5) is 24.5. The van der Waals surface area contributed by atoms with E-state index in [1.807, 2.05) is 12.1 Å². The Balaban J connectivity index is 2.17. The standard InChI is InChI=1S/C19H20N2O2/c1-3-13-20-19(23)16-7-5-6-8-17(16)21-18(22)15-11-9-14(4-2)10-12-15/h3,5-12H,1,4,13H2,2H3,(H,20,23)(H,21,22). The van der Waals surface area contributed by atoms with E-state index in [1.54, 1.807) is 42.5 Å². The quantitative estimate of drug-likeness (QED) is 0.803. The van der Waals surface area contributed by atoms with Crippen LogP contribution in [-0.4, -0.2) is 18.4 Å². The number of carbonyl (C=O) groups is 2. The van der Waals surface area contributed by atoms with Gasteiger partial charge in [-0.3, -0.25) is 9.59 Å². The van der Waals surface area contributed by atoms with Gasteiger partial charge in [0, 0.05) is 12.1 Å². The summed E-state index contributed by atoms with van der Waals surface area (Å²) in [6.07, 6.45) is 2.53. The maximum absolute atomic E-state index is 12.3. The highest BCUT2D eigenvalue weighted by Gasteiger charge is 2.13. The van der Waals surface area contributed by atoms with Gasteiger partial charge in [0.15, 0.2) is 0 Å². The molecule has 2 amide bonds. The molecule has 23 heavy (non-hydrogen) atoms. The fraction of sp³-hybridized carbons (Fsp3) is 0.158. The van der Waals surface area contributed by atoms with Crippen molar-refractivity contribution in [3.05, 3.63) is 77.9 Å². The van der Waals surface area contributed by atoms with Gasteiger partial charge in [-0.1, -0.05) is 37.3 Å². The first-order valence-electron chi connectivity index (χ1n) is 7.54. The Morgan fingerprint density at radius 1 is 1.04 bits per heavy atom. The minimum Gasteiger partial charge on any atom is -0.349 e. The summed E-state index contributed by atoms with van der Waals surface area (Å²) < 4.78 is 0. The summed E-state index contributed by atoms with van der Waals surface area (Å²) in [6.45, 7) is 6.00. The number of hydrogen-bond acceptors (Lipinski definition) is 2. The summed E-state index contributed by atoms with van der Waals surface area (Å²) in [5.41, 5.74) is 2.64. The van der Waals surface area contributed by atoms with Crippen LogP contribution in [0.4, 0.5) is 5.69 Å². The third-order valence-corrected chi connectivity index (χ3v) is 3.45. The second-order valence-electron chi connectivity index (χ2n) is 5.05. The Morgan fingerprint density at radius 2 is 1.74 bits per heavy atom. The predicted molar refractivity (Wildman–Crippen MR) is 92.7 cm³/mol. The summed E-state index contributed by atoms with van der Waals surface area (Å²) in [5.74, 6) is -0.487. The molecule has 0 atom stereocenters. The molecule has 0 spiro atoms. The number of rotatable bonds is 6. The van der Waals surface area contributed by atoms with Gasteiger partial charge in [-0.2, -0.15) is 0 Å². The molecule has 2 aromatic rings. The lowest BCUT2D eigenvalue weighted by molar-refractivity contribution is 0.0959. The highest BCUT2D eigenvalue weighted by atomic mass is 16.2. The summed E-state index contributed by atoms with van der Waals surface area (Å²) in [6, 6.07) is 14.3. The van der Waals surface area contributed by atoms with E-state index in [-0.39, 0.29) is 11.8 Å². The molecule has 0 aromatic heterocycles. The third-order valence-electron chi connectivity index (χ3n) is 3.45. The van der Waals surface area contributed by atoms with Crippen LogP contribution in [0.1, 0.15) is 33.2 Å². The molecule has 0 fully saturated rings. The van der Waals surface area contributed by atoms with E-state index in [2.05, 4.69) is 24.1 Å². The predicted octanol–water partition coefficient (Wildman–Crippen LogP) is 3.42. The van der Waals surface area contributed by atoms with E-state index in [9.17, 15) is 9.59 Å². The lowest BCUT2D eigenvalue weighted by Crippen LogP contribution is -2.25. The van der Waals surface area contributed by atoms with Crippen LogP contribution in [0.15, 0.2) is 61.2 Å². The number of hydrogen-bond donors (Lipinski definition) is 2. The Bertz CT molecular complexity index is 706. The van der Waals surface area contributed by atoms with Crippen LogP contribution < -0.4 is 10.6 Å². The van der Waals surface area contributed by atoms with E-state index >= 15 is 0 Å². The number of amides is 2. The van der Waals surface area contributed by atoms with Crippen molar-refractivity contribution < 1.29 is 9.59 Å². The zero-order valence-corrected chi connectivity index (χ0v) is 13.1. The molecule has 2 N–H and O–H groups in total. The van der Waals surface area contributed by atoms with Gasteiger partial charge in [-0.15, -0.1) is 6.58 Å². The fourth-order valence-corrected chi connectivity index (χ4v) is 2.14. The van der Waals surface area contributed by atoms with Crippen LogP contribution in [0.5, 0.6) is 0 Å². The van der Waals surface area contributed by atoms with Crippen molar-refractivity contribution in [1.29, 1.82) is 0 Å². The molecule has 4 heteroatoms. The molecular formula is C19H20N2O2.